The Morgan fingerprint density at radius 2 is 1.55 bits per heavy atom. The lowest BCUT2D eigenvalue weighted by Crippen LogP contribution is -2.41. The third kappa shape index (κ3) is 1.98. The Hall–Kier alpha value is 0.0200. The van der Waals surface area contributed by atoms with E-state index in [1.54, 1.807) is 18.7 Å². The number of hydrogen-bond donors (Lipinski definition) is 0. The Labute approximate surface area is 73.9 Å². The standard InChI is InChI=1S/C9H18OS/c1-7(10)8(2,3)9(4,5)11-6/h1-6H3. The van der Waals surface area contributed by atoms with Crippen molar-refractivity contribution in [1.29, 1.82) is 0 Å². The predicted molar refractivity (Wildman–Crippen MR) is 52.1 cm³/mol. The predicted octanol–water partition coefficient (Wildman–Crippen LogP) is 2.74. The van der Waals surface area contributed by atoms with Crippen LogP contribution in [0.3, 0.4) is 0 Å². The molecule has 0 aromatic heterocycles. The first-order valence-electron chi connectivity index (χ1n) is 3.82. The number of ketones is 1. The van der Waals surface area contributed by atoms with Crippen molar-refractivity contribution in [1.82, 2.24) is 0 Å². The Bertz CT molecular complexity index is 159. The third-order valence-electron chi connectivity index (χ3n) is 2.90. The molecule has 0 saturated heterocycles. The molecule has 0 fully saturated rings. The SMILES string of the molecule is CSC(C)(C)C(C)(C)C(C)=O. The largest absolute Gasteiger partial charge is 0.299 e. The van der Waals surface area contributed by atoms with Gasteiger partial charge in [0.05, 0.1) is 0 Å². The lowest BCUT2D eigenvalue weighted by molar-refractivity contribution is -0.126. The van der Waals surface area contributed by atoms with Gasteiger partial charge in [-0.1, -0.05) is 13.8 Å². The van der Waals surface area contributed by atoms with Gasteiger partial charge < -0.3 is 0 Å². The van der Waals surface area contributed by atoms with Crippen LogP contribution >= 0.6 is 11.8 Å². The van der Waals surface area contributed by atoms with E-state index in [-0.39, 0.29) is 15.9 Å². The zero-order valence-corrected chi connectivity index (χ0v) is 9.13. The molecule has 0 aromatic carbocycles. The van der Waals surface area contributed by atoms with Gasteiger partial charge in [-0.15, -0.1) is 0 Å². The zero-order chi connectivity index (χ0) is 9.28. The third-order valence-corrected chi connectivity index (χ3v) is 4.43. The highest BCUT2D eigenvalue weighted by molar-refractivity contribution is 8.00. The second-order valence-corrected chi connectivity index (χ2v) is 5.32. The van der Waals surface area contributed by atoms with Crippen LogP contribution in [0.25, 0.3) is 0 Å². The van der Waals surface area contributed by atoms with Crippen molar-refractivity contribution in [3.05, 3.63) is 0 Å². The maximum atomic E-state index is 11.3. The van der Waals surface area contributed by atoms with Crippen LogP contribution in [0.15, 0.2) is 0 Å². The summed E-state index contributed by atoms with van der Waals surface area (Å²) < 4.78 is 0.0266. The number of carbonyl (C=O) groups is 1. The molecule has 1 nitrogen and oxygen atoms in total. The fourth-order valence-electron chi connectivity index (χ4n) is 0.679. The maximum Gasteiger partial charge on any atom is 0.136 e. The van der Waals surface area contributed by atoms with Crippen LogP contribution in [-0.4, -0.2) is 16.8 Å². The van der Waals surface area contributed by atoms with Crippen LogP contribution in [0.1, 0.15) is 34.6 Å². The molecule has 11 heavy (non-hydrogen) atoms. The molecule has 66 valence electrons. The maximum absolute atomic E-state index is 11.3. The molecule has 0 rings (SSSR count). The molecule has 0 radical (unpaired) electrons. The molecule has 0 saturated carbocycles. The van der Waals surface area contributed by atoms with Gasteiger partial charge in [0.15, 0.2) is 0 Å². The number of carbonyl (C=O) groups excluding carboxylic acids is 1. The number of thioether (sulfide) groups is 1. The number of hydrogen-bond acceptors (Lipinski definition) is 2. The fourth-order valence-corrected chi connectivity index (χ4v) is 1.33. The minimum Gasteiger partial charge on any atom is -0.299 e. The molecular weight excluding hydrogens is 156 g/mol. The minimum atomic E-state index is -0.230. The fraction of sp³-hybridized carbons (Fsp3) is 0.889. The van der Waals surface area contributed by atoms with Crippen LogP contribution in [0, 0.1) is 5.41 Å². The van der Waals surface area contributed by atoms with Gasteiger partial charge in [-0.3, -0.25) is 4.79 Å². The smallest absolute Gasteiger partial charge is 0.136 e. The monoisotopic (exact) mass is 174 g/mol. The molecule has 0 N–H and O–H groups in total. The molecule has 0 bridgehead atoms. The van der Waals surface area contributed by atoms with Crippen molar-refractivity contribution in [3.63, 3.8) is 0 Å². The van der Waals surface area contributed by atoms with Gasteiger partial charge >= 0.3 is 0 Å². The van der Waals surface area contributed by atoms with Crippen molar-refractivity contribution in [2.45, 2.75) is 39.4 Å². The Morgan fingerprint density at radius 1 is 1.18 bits per heavy atom. The summed E-state index contributed by atoms with van der Waals surface area (Å²) in [5.41, 5.74) is -0.230. The molecule has 0 aliphatic rings. The number of rotatable bonds is 3. The van der Waals surface area contributed by atoms with Crippen LogP contribution < -0.4 is 0 Å². The van der Waals surface area contributed by atoms with E-state index in [1.807, 2.05) is 20.1 Å². The van der Waals surface area contributed by atoms with E-state index in [4.69, 9.17) is 0 Å². The Kier molecular flexibility index (Phi) is 3.18. The molecule has 0 aliphatic heterocycles. The summed E-state index contributed by atoms with van der Waals surface area (Å²) in [4.78, 5) is 11.3. The molecule has 0 heterocycles. The van der Waals surface area contributed by atoms with Crippen LogP contribution in [0.4, 0.5) is 0 Å². The highest BCUT2D eigenvalue weighted by Gasteiger charge is 2.39. The van der Waals surface area contributed by atoms with Gasteiger partial charge in [-0.05, 0) is 27.0 Å². The summed E-state index contributed by atoms with van der Waals surface area (Å²) in [6, 6.07) is 0. The van der Waals surface area contributed by atoms with Crippen LogP contribution in [0.2, 0.25) is 0 Å². The van der Waals surface area contributed by atoms with E-state index in [9.17, 15) is 4.79 Å². The van der Waals surface area contributed by atoms with Crippen molar-refractivity contribution in [3.8, 4) is 0 Å². The summed E-state index contributed by atoms with van der Waals surface area (Å²) in [5.74, 6) is 0.261. The van der Waals surface area contributed by atoms with Crippen LogP contribution in [-0.2, 0) is 4.79 Å². The van der Waals surface area contributed by atoms with E-state index < -0.39 is 0 Å². The van der Waals surface area contributed by atoms with E-state index in [2.05, 4.69) is 13.8 Å². The molecule has 0 spiro atoms. The first-order chi connectivity index (χ1) is 4.75. The Balaban J connectivity index is 4.67. The summed E-state index contributed by atoms with van der Waals surface area (Å²) in [6.07, 6.45) is 2.05. The average Bonchev–Trinajstić information content (AvgIpc) is 1.87. The Morgan fingerprint density at radius 3 is 1.64 bits per heavy atom. The molecule has 0 aliphatic carbocycles. The number of Topliss-reactive ketones (excluding diaryl/α,β-unsaturated/α-hetero) is 1. The van der Waals surface area contributed by atoms with Gasteiger partial charge in [0.2, 0.25) is 0 Å². The molecule has 0 aromatic rings. The first kappa shape index (κ1) is 11.0. The molecule has 0 unspecified atom stereocenters. The van der Waals surface area contributed by atoms with E-state index in [0.29, 0.717) is 0 Å². The van der Waals surface area contributed by atoms with Crippen LogP contribution in [0.5, 0.6) is 0 Å². The van der Waals surface area contributed by atoms with Gasteiger partial charge in [0, 0.05) is 10.2 Å². The lowest BCUT2D eigenvalue weighted by atomic mass is 9.77. The molecule has 0 atom stereocenters. The van der Waals surface area contributed by atoms with Crippen molar-refractivity contribution < 1.29 is 4.79 Å². The summed E-state index contributed by atoms with van der Waals surface area (Å²) in [7, 11) is 0. The highest BCUT2D eigenvalue weighted by Crippen LogP contribution is 2.40. The van der Waals surface area contributed by atoms with E-state index >= 15 is 0 Å². The average molecular weight is 174 g/mol. The summed E-state index contributed by atoms with van der Waals surface area (Å²) in [6.45, 7) is 9.90. The molecular formula is C9H18OS. The summed E-state index contributed by atoms with van der Waals surface area (Å²) in [5, 5.41) is 0. The van der Waals surface area contributed by atoms with Crippen molar-refractivity contribution in [2.75, 3.05) is 6.26 Å². The lowest BCUT2D eigenvalue weighted by Gasteiger charge is -2.38. The topological polar surface area (TPSA) is 17.1 Å². The second kappa shape index (κ2) is 3.18. The first-order valence-corrected chi connectivity index (χ1v) is 5.04. The second-order valence-electron chi connectivity index (χ2n) is 3.90. The van der Waals surface area contributed by atoms with E-state index in [0.717, 1.165) is 0 Å². The van der Waals surface area contributed by atoms with Gasteiger partial charge in [0.25, 0.3) is 0 Å². The zero-order valence-electron chi connectivity index (χ0n) is 8.32. The van der Waals surface area contributed by atoms with E-state index in [1.165, 1.54) is 0 Å². The van der Waals surface area contributed by atoms with Crippen molar-refractivity contribution >= 4 is 17.5 Å². The minimum absolute atomic E-state index is 0.0266. The van der Waals surface area contributed by atoms with Gasteiger partial charge in [-0.25, -0.2) is 0 Å². The summed E-state index contributed by atoms with van der Waals surface area (Å²) >= 11 is 1.74. The van der Waals surface area contributed by atoms with Gasteiger partial charge in [-0.2, -0.15) is 11.8 Å². The molecule has 2 heteroatoms. The normalized spacial score (nSPS) is 13.3. The highest BCUT2D eigenvalue weighted by atomic mass is 32.2. The van der Waals surface area contributed by atoms with Crippen molar-refractivity contribution in [2.24, 2.45) is 5.41 Å². The molecule has 0 amide bonds. The van der Waals surface area contributed by atoms with Gasteiger partial charge in [0.1, 0.15) is 5.78 Å². The quantitative estimate of drug-likeness (QED) is 0.654.